The van der Waals surface area contributed by atoms with Crippen molar-refractivity contribution in [3.05, 3.63) is 46.7 Å². The molecule has 1 N–H and O–H groups in total. The Morgan fingerprint density at radius 1 is 1.40 bits per heavy atom. The quantitative estimate of drug-likeness (QED) is 0.837. The van der Waals surface area contributed by atoms with Crippen molar-refractivity contribution >= 4 is 11.6 Å². The van der Waals surface area contributed by atoms with Crippen molar-refractivity contribution in [2.75, 3.05) is 6.61 Å². The van der Waals surface area contributed by atoms with Gasteiger partial charge in [-0.1, -0.05) is 23.7 Å². The fourth-order valence-electron chi connectivity index (χ4n) is 1.68. The lowest BCUT2D eigenvalue weighted by Crippen LogP contribution is -2.07. The third-order valence-corrected chi connectivity index (χ3v) is 2.71. The first-order valence-corrected chi connectivity index (χ1v) is 5.39. The normalized spacial score (nSPS) is 17.9. The maximum Gasteiger partial charge on any atom is 0.103 e. The zero-order chi connectivity index (χ0) is 10.7. The predicted molar refractivity (Wildman–Crippen MR) is 59.7 cm³/mol. The van der Waals surface area contributed by atoms with Gasteiger partial charge >= 0.3 is 0 Å². The number of rotatable bonds is 2. The largest absolute Gasteiger partial charge is 0.501 e. The second kappa shape index (κ2) is 4.69. The lowest BCUT2D eigenvalue weighted by atomic mass is 9.98. The van der Waals surface area contributed by atoms with E-state index in [2.05, 4.69) is 0 Å². The molecule has 80 valence electrons. The van der Waals surface area contributed by atoms with Crippen molar-refractivity contribution in [2.24, 2.45) is 0 Å². The van der Waals surface area contributed by atoms with Crippen molar-refractivity contribution in [1.29, 1.82) is 0 Å². The molecule has 1 atom stereocenters. The molecule has 1 aromatic carbocycles. The van der Waals surface area contributed by atoms with Crippen LogP contribution in [0.4, 0.5) is 0 Å². The van der Waals surface area contributed by atoms with Crippen LogP contribution in [-0.2, 0) is 4.74 Å². The first-order valence-electron chi connectivity index (χ1n) is 5.01. The van der Waals surface area contributed by atoms with Gasteiger partial charge in [0.05, 0.1) is 12.9 Å². The number of ether oxygens (including phenoxy) is 1. The van der Waals surface area contributed by atoms with E-state index in [1.807, 2.05) is 12.1 Å². The summed E-state index contributed by atoms with van der Waals surface area (Å²) < 4.78 is 5.20. The van der Waals surface area contributed by atoms with E-state index in [0.717, 1.165) is 30.6 Å². The summed E-state index contributed by atoms with van der Waals surface area (Å²) in [5.41, 5.74) is 1.74. The van der Waals surface area contributed by atoms with Crippen molar-refractivity contribution in [3.8, 4) is 0 Å². The molecule has 0 saturated carbocycles. The van der Waals surface area contributed by atoms with E-state index < -0.39 is 6.10 Å². The van der Waals surface area contributed by atoms with Gasteiger partial charge in [-0.25, -0.2) is 0 Å². The minimum absolute atomic E-state index is 0.594. The van der Waals surface area contributed by atoms with Crippen molar-refractivity contribution in [2.45, 2.75) is 18.9 Å². The van der Waals surface area contributed by atoms with E-state index in [1.54, 1.807) is 18.4 Å². The molecule has 1 aliphatic heterocycles. The molecule has 0 spiro atoms. The number of halogens is 1. The van der Waals surface area contributed by atoms with E-state index in [-0.39, 0.29) is 0 Å². The Morgan fingerprint density at radius 3 is 2.93 bits per heavy atom. The van der Waals surface area contributed by atoms with Crippen LogP contribution in [0.25, 0.3) is 0 Å². The molecule has 15 heavy (non-hydrogen) atoms. The highest BCUT2D eigenvalue weighted by Gasteiger charge is 2.16. The van der Waals surface area contributed by atoms with E-state index in [1.165, 1.54) is 0 Å². The standard InChI is InChI=1S/C12H13ClO2/c13-11-5-1-3-9(7-11)12(14)10-4-2-6-15-8-10/h1,3,5,7-8,12,14H,2,4,6H2. The summed E-state index contributed by atoms with van der Waals surface area (Å²) in [5.74, 6) is 0. The second-order valence-electron chi connectivity index (χ2n) is 3.62. The first-order chi connectivity index (χ1) is 7.27. The smallest absolute Gasteiger partial charge is 0.103 e. The van der Waals surface area contributed by atoms with Crippen LogP contribution < -0.4 is 0 Å². The summed E-state index contributed by atoms with van der Waals surface area (Å²) in [7, 11) is 0. The number of hydrogen-bond donors (Lipinski definition) is 1. The second-order valence-corrected chi connectivity index (χ2v) is 4.06. The fraction of sp³-hybridized carbons (Fsp3) is 0.333. The van der Waals surface area contributed by atoms with E-state index in [9.17, 15) is 5.11 Å². The number of aliphatic hydroxyl groups excluding tert-OH is 1. The van der Waals surface area contributed by atoms with Gasteiger partial charge in [-0.15, -0.1) is 0 Å². The molecule has 1 unspecified atom stereocenters. The third kappa shape index (κ3) is 2.52. The number of benzene rings is 1. The van der Waals surface area contributed by atoms with Gasteiger partial charge in [0.2, 0.25) is 0 Å². The molecule has 0 fully saturated rings. The lowest BCUT2D eigenvalue weighted by molar-refractivity contribution is 0.170. The van der Waals surface area contributed by atoms with Crippen LogP contribution in [0.5, 0.6) is 0 Å². The molecule has 0 bridgehead atoms. The molecule has 0 saturated heterocycles. The maximum atomic E-state index is 10.1. The zero-order valence-electron chi connectivity index (χ0n) is 8.32. The molecule has 0 radical (unpaired) electrons. The Bertz CT molecular complexity index is 374. The van der Waals surface area contributed by atoms with Gasteiger partial charge in [0.25, 0.3) is 0 Å². The molecule has 0 amide bonds. The van der Waals surface area contributed by atoms with Crippen LogP contribution in [0.3, 0.4) is 0 Å². The molecule has 2 nitrogen and oxygen atoms in total. The summed E-state index contributed by atoms with van der Waals surface area (Å²) >= 11 is 5.87. The maximum absolute atomic E-state index is 10.1. The Hall–Kier alpha value is -0.990. The number of aliphatic hydroxyl groups is 1. The van der Waals surface area contributed by atoms with Gasteiger partial charge in [-0.2, -0.15) is 0 Å². The molecular weight excluding hydrogens is 212 g/mol. The highest BCUT2D eigenvalue weighted by molar-refractivity contribution is 6.30. The number of hydrogen-bond acceptors (Lipinski definition) is 2. The summed E-state index contributed by atoms with van der Waals surface area (Å²) in [6.45, 7) is 0.742. The summed E-state index contributed by atoms with van der Waals surface area (Å²) in [6, 6.07) is 7.28. The molecule has 0 aromatic heterocycles. The highest BCUT2D eigenvalue weighted by atomic mass is 35.5. The van der Waals surface area contributed by atoms with Gasteiger partial charge in [0, 0.05) is 5.02 Å². The van der Waals surface area contributed by atoms with Gasteiger partial charge in [0.1, 0.15) is 6.10 Å². The first kappa shape index (κ1) is 10.5. The third-order valence-electron chi connectivity index (χ3n) is 2.48. The molecule has 1 aliphatic rings. The SMILES string of the molecule is OC(C1=COCCC1)c1cccc(Cl)c1. The van der Waals surface area contributed by atoms with Crippen molar-refractivity contribution in [3.63, 3.8) is 0 Å². The summed E-state index contributed by atoms with van der Waals surface area (Å²) in [6.07, 6.45) is 2.91. The highest BCUT2D eigenvalue weighted by Crippen LogP contribution is 2.28. The van der Waals surface area contributed by atoms with Crippen LogP contribution in [0, 0.1) is 0 Å². The molecule has 1 aromatic rings. The minimum atomic E-state index is -0.594. The van der Waals surface area contributed by atoms with Crippen molar-refractivity contribution < 1.29 is 9.84 Å². The summed E-state index contributed by atoms with van der Waals surface area (Å²) in [4.78, 5) is 0. The van der Waals surface area contributed by atoms with E-state index in [4.69, 9.17) is 16.3 Å². The molecule has 1 heterocycles. The van der Waals surface area contributed by atoms with Crippen LogP contribution in [-0.4, -0.2) is 11.7 Å². The van der Waals surface area contributed by atoms with Crippen LogP contribution in [0.1, 0.15) is 24.5 Å². The molecule has 3 heteroatoms. The average Bonchev–Trinajstić information content (AvgIpc) is 2.29. The zero-order valence-corrected chi connectivity index (χ0v) is 9.07. The Kier molecular flexibility index (Phi) is 3.29. The van der Waals surface area contributed by atoms with Crippen molar-refractivity contribution in [1.82, 2.24) is 0 Å². The van der Waals surface area contributed by atoms with Gasteiger partial charge < -0.3 is 9.84 Å². The van der Waals surface area contributed by atoms with Crippen LogP contribution >= 0.6 is 11.6 Å². The Morgan fingerprint density at radius 2 is 2.27 bits per heavy atom. The van der Waals surface area contributed by atoms with Gasteiger partial charge in [-0.05, 0) is 36.1 Å². The topological polar surface area (TPSA) is 29.5 Å². The van der Waals surface area contributed by atoms with Gasteiger partial charge in [-0.3, -0.25) is 0 Å². The molecular formula is C12H13ClO2. The van der Waals surface area contributed by atoms with E-state index in [0.29, 0.717) is 5.02 Å². The van der Waals surface area contributed by atoms with E-state index >= 15 is 0 Å². The average molecular weight is 225 g/mol. The minimum Gasteiger partial charge on any atom is -0.501 e. The van der Waals surface area contributed by atoms with Crippen LogP contribution in [0.2, 0.25) is 5.02 Å². The monoisotopic (exact) mass is 224 g/mol. The predicted octanol–water partition coefficient (Wildman–Crippen LogP) is 3.07. The molecule has 2 rings (SSSR count). The fourth-order valence-corrected chi connectivity index (χ4v) is 1.88. The van der Waals surface area contributed by atoms with Gasteiger partial charge in [0.15, 0.2) is 0 Å². The summed E-state index contributed by atoms with van der Waals surface area (Å²) in [5, 5.41) is 10.7. The Labute approximate surface area is 94.1 Å². The molecule has 0 aliphatic carbocycles. The van der Waals surface area contributed by atoms with Crippen LogP contribution in [0.15, 0.2) is 36.1 Å². The lowest BCUT2D eigenvalue weighted by Gasteiger charge is -2.19. The Balaban J connectivity index is 2.19.